The van der Waals surface area contributed by atoms with Gasteiger partial charge in [0, 0.05) is 0 Å². The Labute approximate surface area is 116 Å². The maximum absolute atomic E-state index is 2.53. The highest BCUT2D eigenvalue weighted by atomic mass is 14.5. The molecule has 100 valence electrons. The minimum absolute atomic E-state index is 0.517. The van der Waals surface area contributed by atoms with E-state index in [1.807, 2.05) is 0 Å². The first-order chi connectivity index (χ1) is 9.17. The number of fused-ring (bicyclic) bond motifs is 5. The average Bonchev–Trinajstić information content (AvgIpc) is 2.79. The Morgan fingerprint density at radius 2 is 2.11 bits per heavy atom. The third-order valence-electron chi connectivity index (χ3n) is 6.21. The summed E-state index contributed by atoms with van der Waals surface area (Å²) >= 11 is 0. The molecule has 0 saturated heterocycles. The van der Waals surface area contributed by atoms with Gasteiger partial charge in [-0.3, -0.25) is 0 Å². The number of allylic oxidation sites excluding steroid dienone is 2. The van der Waals surface area contributed by atoms with Crippen molar-refractivity contribution < 1.29 is 0 Å². The van der Waals surface area contributed by atoms with E-state index in [0.717, 1.165) is 17.8 Å². The molecule has 3 aliphatic carbocycles. The number of hydrogen-bond acceptors (Lipinski definition) is 0. The van der Waals surface area contributed by atoms with Crippen LogP contribution >= 0.6 is 0 Å². The first kappa shape index (κ1) is 11.8. The summed E-state index contributed by atoms with van der Waals surface area (Å²) < 4.78 is 0. The van der Waals surface area contributed by atoms with E-state index in [4.69, 9.17) is 0 Å². The molecule has 3 aliphatic rings. The molecule has 4 rings (SSSR count). The van der Waals surface area contributed by atoms with E-state index < -0.39 is 0 Å². The Hall–Kier alpha value is -1.04. The third kappa shape index (κ3) is 1.65. The summed E-state index contributed by atoms with van der Waals surface area (Å²) in [6, 6.07) is 7.20. The largest absolute Gasteiger partial charge is 0.0877 e. The molecule has 1 fully saturated rings. The average molecular weight is 252 g/mol. The summed E-state index contributed by atoms with van der Waals surface area (Å²) in [5.41, 5.74) is 5.29. The van der Waals surface area contributed by atoms with E-state index in [1.54, 1.807) is 11.1 Å². The molecular weight excluding hydrogens is 228 g/mol. The van der Waals surface area contributed by atoms with Gasteiger partial charge in [0.2, 0.25) is 0 Å². The Morgan fingerprint density at radius 3 is 3.00 bits per heavy atom. The molecule has 4 unspecified atom stereocenters. The van der Waals surface area contributed by atoms with Crippen molar-refractivity contribution in [2.45, 2.75) is 51.9 Å². The van der Waals surface area contributed by atoms with Gasteiger partial charge in [0.25, 0.3) is 0 Å². The first-order valence-electron chi connectivity index (χ1n) is 7.94. The van der Waals surface area contributed by atoms with Gasteiger partial charge in [-0.25, -0.2) is 0 Å². The summed E-state index contributed by atoms with van der Waals surface area (Å²) in [5.74, 6) is 2.70. The second-order valence-corrected chi connectivity index (χ2v) is 7.30. The number of aryl methyl sites for hydroxylation is 2. The molecule has 1 saturated carbocycles. The van der Waals surface area contributed by atoms with Crippen LogP contribution in [0.2, 0.25) is 0 Å². The van der Waals surface area contributed by atoms with Crippen LogP contribution < -0.4 is 0 Å². The molecule has 0 radical (unpaired) electrons. The Balaban J connectivity index is 1.73. The minimum Gasteiger partial charge on any atom is -0.0877 e. The van der Waals surface area contributed by atoms with Gasteiger partial charge in [0.15, 0.2) is 0 Å². The van der Waals surface area contributed by atoms with Crippen LogP contribution in [0.5, 0.6) is 0 Å². The van der Waals surface area contributed by atoms with Gasteiger partial charge in [-0.05, 0) is 73.3 Å². The summed E-state index contributed by atoms with van der Waals surface area (Å²) in [7, 11) is 0. The second kappa shape index (κ2) is 3.98. The molecule has 19 heavy (non-hydrogen) atoms. The van der Waals surface area contributed by atoms with Gasteiger partial charge in [-0.15, -0.1) is 0 Å². The maximum atomic E-state index is 2.53. The lowest BCUT2D eigenvalue weighted by atomic mass is 9.56. The van der Waals surface area contributed by atoms with Gasteiger partial charge < -0.3 is 0 Å². The summed E-state index contributed by atoms with van der Waals surface area (Å²) in [4.78, 5) is 0. The van der Waals surface area contributed by atoms with Gasteiger partial charge in [0.1, 0.15) is 0 Å². The SMILES string of the molecule is Cc1ccc2c(c1)CCC1C2CCC2(C)C=CCC12. The lowest BCUT2D eigenvalue weighted by molar-refractivity contribution is 0.0826. The molecular formula is C19H24. The second-order valence-electron chi connectivity index (χ2n) is 7.30. The van der Waals surface area contributed by atoms with E-state index in [-0.39, 0.29) is 0 Å². The highest BCUT2D eigenvalue weighted by Crippen LogP contribution is 2.58. The van der Waals surface area contributed by atoms with Crippen LogP contribution in [0.4, 0.5) is 0 Å². The zero-order valence-electron chi connectivity index (χ0n) is 12.2. The van der Waals surface area contributed by atoms with Crippen LogP contribution in [0.15, 0.2) is 30.4 Å². The normalized spacial score (nSPS) is 39.6. The standard InChI is InChI=1S/C19H24/c1-13-5-7-15-14(12-13)6-8-17-16(15)9-11-19(2)10-3-4-18(17)19/h3,5,7,10,12,16-18H,4,6,8-9,11H2,1-2H3. The lowest BCUT2D eigenvalue weighted by Crippen LogP contribution is -2.39. The topological polar surface area (TPSA) is 0 Å². The number of benzene rings is 1. The Kier molecular flexibility index (Phi) is 2.46. The van der Waals surface area contributed by atoms with Crippen molar-refractivity contribution in [3.05, 3.63) is 47.0 Å². The molecule has 0 aromatic heterocycles. The fourth-order valence-electron chi connectivity index (χ4n) is 5.19. The Bertz CT molecular complexity index is 539. The number of hydrogen-bond donors (Lipinski definition) is 0. The van der Waals surface area contributed by atoms with Gasteiger partial charge in [-0.1, -0.05) is 42.8 Å². The lowest BCUT2D eigenvalue weighted by Gasteiger charge is -2.49. The number of rotatable bonds is 0. The van der Waals surface area contributed by atoms with Crippen molar-refractivity contribution in [3.8, 4) is 0 Å². The fraction of sp³-hybridized carbons (Fsp3) is 0.579. The van der Waals surface area contributed by atoms with Crippen molar-refractivity contribution in [2.24, 2.45) is 17.3 Å². The van der Waals surface area contributed by atoms with Gasteiger partial charge in [-0.2, -0.15) is 0 Å². The predicted molar refractivity (Wildman–Crippen MR) is 80.3 cm³/mol. The molecule has 4 atom stereocenters. The van der Waals surface area contributed by atoms with Gasteiger partial charge >= 0.3 is 0 Å². The molecule has 0 bridgehead atoms. The quantitative estimate of drug-likeness (QED) is 0.569. The van der Waals surface area contributed by atoms with Gasteiger partial charge in [0.05, 0.1) is 0 Å². The molecule has 0 nitrogen and oxygen atoms in total. The highest BCUT2D eigenvalue weighted by molar-refractivity contribution is 5.38. The molecule has 1 aromatic carbocycles. The van der Waals surface area contributed by atoms with Crippen LogP contribution in [0.3, 0.4) is 0 Å². The molecule has 0 amide bonds. The monoisotopic (exact) mass is 252 g/mol. The third-order valence-corrected chi connectivity index (χ3v) is 6.21. The zero-order valence-corrected chi connectivity index (χ0v) is 12.2. The zero-order chi connectivity index (χ0) is 13.0. The summed E-state index contributed by atoms with van der Waals surface area (Å²) in [6.07, 6.45) is 11.8. The van der Waals surface area contributed by atoms with E-state index in [0.29, 0.717) is 5.41 Å². The summed E-state index contributed by atoms with van der Waals surface area (Å²) in [5, 5.41) is 0. The van der Waals surface area contributed by atoms with Crippen molar-refractivity contribution in [2.75, 3.05) is 0 Å². The molecule has 0 heterocycles. The van der Waals surface area contributed by atoms with Crippen molar-refractivity contribution in [3.63, 3.8) is 0 Å². The van der Waals surface area contributed by atoms with Crippen LogP contribution in [0, 0.1) is 24.2 Å². The fourth-order valence-corrected chi connectivity index (χ4v) is 5.19. The predicted octanol–water partition coefficient (Wildman–Crippen LogP) is 5.02. The van der Waals surface area contributed by atoms with E-state index in [2.05, 4.69) is 44.2 Å². The van der Waals surface area contributed by atoms with Crippen LogP contribution in [-0.2, 0) is 6.42 Å². The molecule has 0 N–H and O–H groups in total. The van der Waals surface area contributed by atoms with E-state index >= 15 is 0 Å². The molecule has 0 spiro atoms. The first-order valence-corrected chi connectivity index (χ1v) is 7.94. The van der Waals surface area contributed by atoms with Crippen LogP contribution in [0.1, 0.15) is 55.2 Å². The van der Waals surface area contributed by atoms with E-state index in [9.17, 15) is 0 Å². The molecule has 1 aromatic rings. The smallest absolute Gasteiger partial charge is 0.0112 e. The minimum atomic E-state index is 0.517. The highest BCUT2D eigenvalue weighted by Gasteiger charge is 2.48. The van der Waals surface area contributed by atoms with E-state index in [1.165, 1.54) is 37.7 Å². The van der Waals surface area contributed by atoms with Crippen molar-refractivity contribution in [1.29, 1.82) is 0 Å². The Morgan fingerprint density at radius 1 is 1.21 bits per heavy atom. The molecule has 0 aliphatic heterocycles. The molecule has 0 heteroatoms. The van der Waals surface area contributed by atoms with Crippen molar-refractivity contribution >= 4 is 0 Å². The van der Waals surface area contributed by atoms with Crippen molar-refractivity contribution in [1.82, 2.24) is 0 Å². The van der Waals surface area contributed by atoms with Crippen LogP contribution in [0.25, 0.3) is 0 Å². The maximum Gasteiger partial charge on any atom is -0.0112 e. The van der Waals surface area contributed by atoms with Crippen LogP contribution in [-0.4, -0.2) is 0 Å². The summed E-state index contributed by atoms with van der Waals surface area (Å²) in [6.45, 7) is 4.73.